The van der Waals surface area contributed by atoms with Crippen molar-refractivity contribution in [3.63, 3.8) is 0 Å². The van der Waals surface area contributed by atoms with Crippen LogP contribution in [0.4, 0.5) is 5.69 Å². The molecule has 0 aliphatic carbocycles. The Balaban J connectivity index is 2.02. The van der Waals surface area contributed by atoms with Crippen LogP contribution in [0.25, 0.3) is 0 Å². The predicted molar refractivity (Wildman–Crippen MR) is 83.8 cm³/mol. The summed E-state index contributed by atoms with van der Waals surface area (Å²) in [6.07, 6.45) is 1.48. The Labute approximate surface area is 132 Å². The Bertz CT molecular complexity index is 716. The molecular formula is C16H15N2O3S-. The number of anilines is 1. The van der Waals surface area contributed by atoms with Crippen molar-refractivity contribution < 1.29 is 14.7 Å². The van der Waals surface area contributed by atoms with E-state index in [0.717, 1.165) is 28.6 Å². The van der Waals surface area contributed by atoms with Crippen molar-refractivity contribution in [2.45, 2.75) is 18.9 Å². The number of thioether (sulfide) groups is 1. The number of aromatic carboxylic acids is 1. The molecular weight excluding hydrogens is 300 g/mol. The molecule has 0 aliphatic heterocycles. The average molecular weight is 315 g/mol. The molecule has 2 rings (SSSR count). The Kier molecular flexibility index (Phi) is 5.16. The normalized spacial score (nSPS) is 10.3. The van der Waals surface area contributed by atoms with Crippen LogP contribution in [0.3, 0.4) is 0 Å². The molecule has 2 aromatic rings. The highest BCUT2D eigenvalue weighted by molar-refractivity contribution is 8.00. The summed E-state index contributed by atoms with van der Waals surface area (Å²) >= 11 is 1.07. The molecule has 1 amide bonds. The van der Waals surface area contributed by atoms with Gasteiger partial charge in [0.1, 0.15) is 5.03 Å². The van der Waals surface area contributed by atoms with Gasteiger partial charge >= 0.3 is 0 Å². The number of carbonyl (C=O) groups excluding carboxylic acids is 2. The maximum atomic E-state index is 12.0. The molecule has 1 N–H and O–H groups in total. The molecule has 1 heterocycles. The summed E-state index contributed by atoms with van der Waals surface area (Å²) in [6.45, 7) is 3.91. The van der Waals surface area contributed by atoms with Gasteiger partial charge in [-0.3, -0.25) is 4.79 Å². The molecule has 0 fully saturated rings. The van der Waals surface area contributed by atoms with Crippen molar-refractivity contribution in [3.8, 4) is 0 Å². The topological polar surface area (TPSA) is 82.1 Å². The van der Waals surface area contributed by atoms with Gasteiger partial charge in [-0.2, -0.15) is 0 Å². The minimum Gasteiger partial charge on any atom is -0.545 e. The number of hydrogen-bond acceptors (Lipinski definition) is 5. The van der Waals surface area contributed by atoms with Crippen LogP contribution in [0.1, 0.15) is 21.5 Å². The van der Waals surface area contributed by atoms with Crippen molar-refractivity contribution in [1.82, 2.24) is 4.98 Å². The third-order valence-corrected chi connectivity index (χ3v) is 4.22. The van der Waals surface area contributed by atoms with Crippen LogP contribution in [-0.2, 0) is 4.79 Å². The molecule has 0 unspecified atom stereocenters. The molecule has 22 heavy (non-hydrogen) atoms. The van der Waals surface area contributed by atoms with Gasteiger partial charge in [0.2, 0.25) is 5.91 Å². The Morgan fingerprint density at radius 2 is 2.00 bits per heavy atom. The SMILES string of the molecule is Cc1cccc(NC(=O)CSc2ncccc2C(=O)[O-])c1C. The Hall–Kier alpha value is -2.34. The van der Waals surface area contributed by atoms with Crippen LogP contribution in [0.15, 0.2) is 41.6 Å². The van der Waals surface area contributed by atoms with Crippen molar-refractivity contribution in [1.29, 1.82) is 0 Å². The average Bonchev–Trinajstić information content (AvgIpc) is 2.50. The second kappa shape index (κ2) is 7.09. The zero-order valence-electron chi connectivity index (χ0n) is 12.3. The molecule has 0 spiro atoms. The minimum absolute atomic E-state index is 0.00737. The van der Waals surface area contributed by atoms with E-state index in [-0.39, 0.29) is 22.2 Å². The van der Waals surface area contributed by atoms with E-state index in [9.17, 15) is 14.7 Å². The molecule has 0 saturated carbocycles. The van der Waals surface area contributed by atoms with Gasteiger partial charge in [0, 0.05) is 17.4 Å². The summed E-state index contributed by atoms with van der Waals surface area (Å²) in [6, 6.07) is 8.61. The zero-order valence-corrected chi connectivity index (χ0v) is 13.1. The van der Waals surface area contributed by atoms with Crippen LogP contribution in [0, 0.1) is 13.8 Å². The predicted octanol–water partition coefficient (Wildman–Crippen LogP) is 1.79. The Morgan fingerprint density at radius 1 is 1.23 bits per heavy atom. The number of nitrogens with zero attached hydrogens (tertiary/aromatic N) is 1. The third-order valence-electron chi connectivity index (χ3n) is 3.21. The fourth-order valence-electron chi connectivity index (χ4n) is 1.87. The third kappa shape index (κ3) is 3.85. The molecule has 0 aliphatic rings. The van der Waals surface area contributed by atoms with Crippen molar-refractivity contribution in [3.05, 3.63) is 53.2 Å². The fraction of sp³-hybridized carbons (Fsp3) is 0.188. The number of nitrogens with one attached hydrogen (secondary N) is 1. The number of pyridine rings is 1. The first-order valence-electron chi connectivity index (χ1n) is 6.64. The molecule has 0 radical (unpaired) electrons. The van der Waals surface area contributed by atoms with Crippen LogP contribution < -0.4 is 10.4 Å². The van der Waals surface area contributed by atoms with Crippen LogP contribution in [-0.4, -0.2) is 22.6 Å². The lowest BCUT2D eigenvalue weighted by Crippen LogP contribution is -2.23. The van der Waals surface area contributed by atoms with E-state index in [4.69, 9.17) is 0 Å². The van der Waals surface area contributed by atoms with Gasteiger partial charge in [-0.05, 0) is 43.2 Å². The number of benzene rings is 1. The molecule has 5 nitrogen and oxygen atoms in total. The van der Waals surface area contributed by atoms with Crippen LogP contribution in [0.5, 0.6) is 0 Å². The lowest BCUT2D eigenvalue weighted by molar-refractivity contribution is -0.255. The maximum Gasteiger partial charge on any atom is 0.234 e. The minimum atomic E-state index is -1.30. The lowest BCUT2D eigenvalue weighted by atomic mass is 10.1. The second-order valence-electron chi connectivity index (χ2n) is 4.73. The summed E-state index contributed by atoms with van der Waals surface area (Å²) in [4.78, 5) is 27.0. The van der Waals surface area contributed by atoms with E-state index in [0.29, 0.717) is 0 Å². The van der Waals surface area contributed by atoms with Gasteiger partial charge in [0.15, 0.2) is 0 Å². The number of aromatic nitrogens is 1. The molecule has 0 atom stereocenters. The number of rotatable bonds is 5. The molecule has 1 aromatic heterocycles. The quantitative estimate of drug-likeness (QED) is 0.851. The number of aryl methyl sites for hydroxylation is 1. The standard InChI is InChI=1S/C16H16N2O3S/c1-10-5-3-7-13(11(10)2)18-14(19)9-22-15-12(16(20)21)6-4-8-17-15/h3-8H,9H2,1-2H3,(H,18,19)(H,20,21)/p-1. The molecule has 0 bridgehead atoms. The van der Waals surface area contributed by atoms with E-state index in [1.54, 1.807) is 0 Å². The van der Waals surface area contributed by atoms with E-state index >= 15 is 0 Å². The highest BCUT2D eigenvalue weighted by Crippen LogP contribution is 2.21. The van der Waals surface area contributed by atoms with Crippen molar-refractivity contribution in [2.24, 2.45) is 0 Å². The first-order chi connectivity index (χ1) is 10.5. The summed E-state index contributed by atoms with van der Waals surface area (Å²) in [7, 11) is 0. The van der Waals surface area contributed by atoms with Crippen molar-refractivity contribution >= 4 is 29.3 Å². The molecule has 6 heteroatoms. The van der Waals surface area contributed by atoms with Crippen LogP contribution in [0.2, 0.25) is 0 Å². The number of carboxylic acid groups (broad SMARTS) is 1. The van der Waals surface area contributed by atoms with E-state index in [2.05, 4.69) is 10.3 Å². The largest absolute Gasteiger partial charge is 0.545 e. The lowest BCUT2D eigenvalue weighted by Gasteiger charge is -2.11. The number of carbonyl (C=O) groups is 2. The summed E-state index contributed by atoms with van der Waals surface area (Å²) < 4.78 is 0. The first kappa shape index (κ1) is 16.0. The molecule has 1 aromatic carbocycles. The fourth-order valence-corrected chi connectivity index (χ4v) is 2.65. The summed E-state index contributed by atoms with van der Waals surface area (Å²) in [5, 5.41) is 14.1. The summed E-state index contributed by atoms with van der Waals surface area (Å²) in [5.74, 6) is -1.44. The highest BCUT2D eigenvalue weighted by atomic mass is 32.2. The van der Waals surface area contributed by atoms with E-state index in [1.165, 1.54) is 18.3 Å². The zero-order chi connectivity index (χ0) is 16.1. The van der Waals surface area contributed by atoms with E-state index in [1.807, 2.05) is 32.0 Å². The van der Waals surface area contributed by atoms with Crippen LogP contribution >= 0.6 is 11.8 Å². The number of amides is 1. The van der Waals surface area contributed by atoms with Gasteiger partial charge in [-0.15, -0.1) is 0 Å². The first-order valence-corrected chi connectivity index (χ1v) is 7.63. The molecule has 0 saturated heterocycles. The van der Waals surface area contributed by atoms with Gasteiger partial charge in [-0.1, -0.05) is 23.9 Å². The monoisotopic (exact) mass is 315 g/mol. The van der Waals surface area contributed by atoms with Gasteiger partial charge < -0.3 is 15.2 Å². The maximum absolute atomic E-state index is 12.0. The van der Waals surface area contributed by atoms with Gasteiger partial charge in [0.05, 0.1) is 11.7 Å². The van der Waals surface area contributed by atoms with Gasteiger partial charge in [-0.25, -0.2) is 4.98 Å². The number of hydrogen-bond donors (Lipinski definition) is 1. The van der Waals surface area contributed by atoms with E-state index < -0.39 is 5.97 Å². The number of carboxylic acids is 1. The molecule has 114 valence electrons. The highest BCUT2D eigenvalue weighted by Gasteiger charge is 2.10. The van der Waals surface area contributed by atoms with Crippen molar-refractivity contribution in [2.75, 3.05) is 11.1 Å². The van der Waals surface area contributed by atoms with Gasteiger partial charge in [0.25, 0.3) is 0 Å². The second-order valence-corrected chi connectivity index (χ2v) is 5.69. The Morgan fingerprint density at radius 3 is 2.73 bits per heavy atom. The summed E-state index contributed by atoms with van der Waals surface area (Å²) in [5.41, 5.74) is 2.85. The smallest absolute Gasteiger partial charge is 0.234 e.